The van der Waals surface area contributed by atoms with E-state index in [9.17, 15) is 9.59 Å². The number of rotatable bonds is 5. The van der Waals surface area contributed by atoms with Crippen molar-refractivity contribution in [3.63, 3.8) is 0 Å². The van der Waals surface area contributed by atoms with Gasteiger partial charge in [0, 0.05) is 6.54 Å². The van der Waals surface area contributed by atoms with Crippen LogP contribution in [0.15, 0.2) is 30.3 Å². The third kappa shape index (κ3) is 3.82. The molecule has 1 heterocycles. The van der Waals surface area contributed by atoms with Crippen LogP contribution in [0.4, 0.5) is 0 Å². The predicted octanol–water partition coefficient (Wildman–Crippen LogP) is 1.28. The van der Waals surface area contributed by atoms with Crippen LogP contribution in [0.3, 0.4) is 0 Å². The fourth-order valence-electron chi connectivity index (χ4n) is 2.91. The van der Waals surface area contributed by atoms with Crippen LogP contribution in [-0.2, 0) is 14.3 Å². The lowest BCUT2D eigenvalue weighted by atomic mass is 9.95. The molecule has 0 radical (unpaired) electrons. The molecule has 114 valence electrons. The zero-order valence-electron chi connectivity index (χ0n) is 12.3. The summed E-state index contributed by atoms with van der Waals surface area (Å²) < 4.78 is 4.92. The molecule has 0 aromatic heterocycles. The molecule has 0 aliphatic carbocycles. The van der Waals surface area contributed by atoms with Gasteiger partial charge in [-0.25, -0.2) is 0 Å². The van der Waals surface area contributed by atoms with Gasteiger partial charge in [-0.2, -0.15) is 0 Å². The number of ether oxygens (including phenoxy) is 1. The summed E-state index contributed by atoms with van der Waals surface area (Å²) in [5.41, 5.74) is 6.38. The van der Waals surface area contributed by atoms with Crippen molar-refractivity contribution in [2.75, 3.05) is 20.2 Å². The zero-order valence-corrected chi connectivity index (χ0v) is 12.3. The molecule has 2 atom stereocenters. The van der Waals surface area contributed by atoms with Crippen LogP contribution in [-0.4, -0.2) is 43.0 Å². The van der Waals surface area contributed by atoms with Crippen molar-refractivity contribution in [1.82, 2.24) is 4.90 Å². The highest BCUT2D eigenvalue weighted by atomic mass is 16.5. The Morgan fingerprint density at radius 1 is 1.33 bits per heavy atom. The molecule has 1 saturated heterocycles. The number of primary amides is 1. The monoisotopic (exact) mass is 290 g/mol. The van der Waals surface area contributed by atoms with Gasteiger partial charge in [-0.15, -0.1) is 0 Å². The lowest BCUT2D eigenvalue weighted by Crippen LogP contribution is -2.49. The molecule has 5 nitrogen and oxygen atoms in total. The second-order valence-corrected chi connectivity index (χ2v) is 5.40. The van der Waals surface area contributed by atoms with Gasteiger partial charge in [-0.3, -0.25) is 14.5 Å². The number of benzene rings is 1. The number of nitrogens with zero attached hydrogens (tertiary/aromatic N) is 1. The second kappa shape index (κ2) is 7.22. The molecule has 0 spiro atoms. The molecule has 1 fully saturated rings. The molecule has 1 aromatic carbocycles. The van der Waals surface area contributed by atoms with Gasteiger partial charge in [0.15, 0.2) is 0 Å². The number of methoxy groups -OCH3 is 1. The SMILES string of the molecule is COC(=O)C(CN1CCCCC1C(N)=O)c1ccccc1. The summed E-state index contributed by atoms with van der Waals surface area (Å²) in [6.45, 7) is 1.25. The standard InChI is InChI=1S/C16H22N2O3/c1-21-16(20)13(12-7-3-2-4-8-12)11-18-10-6-5-9-14(18)15(17)19/h2-4,7-8,13-14H,5-6,9-11H2,1H3,(H2,17,19). The number of esters is 1. The minimum atomic E-state index is -0.392. The third-order valence-corrected chi connectivity index (χ3v) is 4.05. The maximum Gasteiger partial charge on any atom is 0.314 e. The van der Waals surface area contributed by atoms with E-state index in [0.717, 1.165) is 31.4 Å². The molecule has 0 bridgehead atoms. The molecule has 21 heavy (non-hydrogen) atoms. The molecule has 1 aliphatic heterocycles. The maximum absolute atomic E-state index is 12.1. The summed E-state index contributed by atoms with van der Waals surface area (Å²) in [7, 11) is 1.39. The van der Waals surface area contributed by atoms with Gasteiger partial charge < -0.3 is 10.5 Å². The fourth-order valence-corrected chi connectivity index (χ4v) is 2.91. The Morgan fingerprint density at radius 2 is 2.05 bits per heavy atom. The lowest BCUT2D eigenvalue weighted by molar-refractivity contribution is -0.143. The van der Waals surface area contributed by atoms with Crippen LogP contribution in [0.2, 0.25) is 0 Å². The normalized spacial score (nSPS) is 20.7. The smallest absolute Gasteiger partial charge is 0.314 e. The first-order valence-electron chi connectivity index (χ1n) is 7.29. The minimum absolute atomic E-state index is 0.282. The number of carbonyl (C=O) groups is 2. The summed E-state index contributed by atoms with van der Waals surface area (Å²) in [5.74, 6) is -0.988. The Kier molecular flexibility index (Phi) is 5.33. The lowest BCUT2D eigenvalue weighted by Gasteiger charge is -2.35. The van der Waals surface area contributed by atoms with E-state index < -0.39 is 5.92 Å². The average Bonchev–Trinajstić information content (AvgIpc) is 2.53. The van der Waals surface area contributed by atoms with Crippen LogP contribution in [0.1, 0.15) is 30.7 Å². The van der Waals surface area contributed by atoms with Crippen molar-refractivity contribution in [3.05, 3.63) is 35.9 Å². The molecule has 1 aromatic rings. The Labute approximate surface area is 125 Å². The Bertz CT molecular complexity index is 490. The molecule has 2 unspecified atom stereocenters. The number of amides is 1. The van der Waals surface area contributed by atoms with E-state index in [1.807, 2.05) is 35.2 Å². The molecular formula is C16H22N2O3. The number of piperidine rings is 1. The van der Waals surface area contributed by atoms with Gasteiger partial charge >= 0.3 is 5.97 Å². The van der Waals surface area contributed by atoms with E-state index in [2.05, 4.69) is 0 Å². The van der Waals surface area contributed by atoms with Gasteiger partial charge in [0.05, 0.1) is 19.1 Å². The summed E-state index contributed by atoms with van der Waals surface area (Å²) in [4.78, 5) is 25.7. The number of carbonyl (C=O) groups excluding carboxylic acids is 2. The van der Waals surface area contributed by atoms with Crippen LogP contribution in [0, 0.1) is 0 Å². The molecule has 1 aliphatic rings. The van der Waals surface area contributed by atoms with Crippen molar-refractivity contribution in [3.8, 4) is 0 Å². The van der Waals surface area contributed by atoms with E-state index in [1.54, 1.807) is 0 Å². The highest BCUT2D eigenvalue weighted by Crippen LogP contribution is 2.24. The quantitative estimate of drug-likeness (QED) is 0.829. The number of likely N-dealkylation sites (tertiary alicyclic amines) is 1. The van der Waals surface area contributed by atoms with Crippen molar-refractivity contribution in [2.45, 2.75) is 31.2 Å². The van der Waals surface area contributed by atoms with Crippen molar-refractivity contribution in [2.24, 2.45) is 5.73 Å². The highest BCUT2D eigenvalue weighted by molar-refractivity contribution is 5.81. The zero-order chi connectivity index (χ0) is 15.2. The summed E-state index contributed by atoms with van der Waals surface area (Å²) >= 11 is 0. The van der Waals surface area contributed by atoms with E-state index >= 15 is 0 Å². The van der Waals surface area contributed by atoms with Crippen LogP contribution in [0.5, 0.6) is 0 Å². The van der Waals surface area contributed by atoms with Crippen LogP contribution < -0.4 is 5.73 Å². The van der Waals surface area contributed by atoms with Gasteiger partial charge in [-0.1, -0.05) is 36.8 Å². The van der Waals surface area contributed by atoms with E-state index in [1.165, 1.54) is 7.11 Å². The molecular weight excluding hydrogens is 268 g/mol. The summed E-state index contributed by atoms with van der Waals surface area (Å²) in [6.07, 6.45) is 2.78. The molecule has 5 heteroatoms. The summed E-state index contributed by atoms with van der Waals surface area (Å²) in [6, 6.07) is 9.23. The molecule has 2 N–H and O–H groups in total. The Morgan fingerprint density at radius 3 is 2.67 bits per heavy atom. The number of hydrogen-bond acceptors (Lipinski definition) is 4. The fraction of sp³-hybridized carbons (Fsp3) is 0.500. The highest BCUT2D eigenvalue weighted by Gasteiger charge is 2.32. The first-order chi connectivity index (χ1) is 10.1. The topological polar surface area (TPSA) is 72.6 Å². The largest absolute Gasteiger partial charge is 0.469 e. The van der Waals surface area contributed by atoms with Crippen LogP contribution in [0.25, 0.3) is 0 Å². The van der Waals surface area contributed by atoms with Gasteiger partial charge in [0.2, 0.25) is 5.91 Å². The number of hydrogen-bond donors (Lipinski definition) is 1. The van der Waals surface area contributed by atoms with Gasteiger partial charge in [0.25, 0.3) is 0 Å². The van der Waals surface area contributed by atoms with Crippen molar-refractivity contribution >= 4 is 11.9 Å². The number of nitrogens with two attached hydrogens (primary N) is 1. The van der Waals surface area contributed by atoms with Gasteiger partial charge in [-0.05, 0) is 24.9 Å². The first-order valence-corrected chi connectivity index (χ1v) is 7.29. The predicted molar refractivity (Wildman–Crippen MR) is 79.6 cm³/mol. The minimum Gasteiger partial charge on any atom is -0.469 e. The Hall–Kier alpha value is -1.88. The Balaban J connectivity index is 2.18. The molecule has 0 saturated carbocycles. The second-order valence-electron chi connectivity index (χ2n) is 5.40. The van der Waals surface area contributed by atoms with Crippen molar-refractivity contribution in [1.29, 1.82) is 0 Å². The van der Waals surface area contributed by atoms with E-state index in [0.29, 0.717) is 6.54 Å². The van der Waals surface area contributed by atoms with Crippen molar-refractivity contribution < 1.29 is 14.3 Å². The maximum atomic E-state index is 12.1. The van der Waals surface area contributed by atoms with Crippen LogP contribution >= 0.6 is 0 Å². The third-order valence-electron chi connectivity index (χ3n) is 4.05. The molecule has 1 amide bonds. The first kappa shape index (κ1) is 15.5. The van der Waals surface area contributed by atoms with E-state index in [4.69, 9.17) is 10.5 Å². The van der Waals surface area contributed by atoms with Gasteiger partial charge in [0.1, 0.15) is 0 Å². The molecule has 2 rings (SSSR count). The average molecular weight is 290 g/mol. The van der Waals surface area contributed by atoms with E-state index in [-0.39, 0.29) is 17.9 Å². The summed E-state index contributed by atoms with van der Waals surface area (Å²) in [5, 5.41) is 0.